The summed E-state index contributed by atoms with van der Waals surface area (Å²) >= 11 is 0. The Bertz CT molecular complexity index is 901. The molecule has 1 aromatic heterocycles. The number of hydrogen-bond acceptors (Lipinski definition) is 4. The van der Waals surface area contributed by atoms with Crippen LogP contribution in [0.25, 0.3) is 11.3 Å². The van der Waals surface area contributed by atoms with Crippen LogP contribution in [0.5, 0.6) is 11.5 Å². The second-order valence-electron chi connectivity index (χ2n) is 5.65. The molecule has 0 aliphatic carbocycles. The van der Waals surface area contributed by atoms with Crippen molar-refractivity contribution in [1.82, 2.24) is 9.78 Å². The van der Waals surface area contributed by atoms with Crippen molar-refractivity contribution in [3.8, 4) is 22.8 Å². The average Bonchev–Trinajstić information content (AvgIpc) is 3.05. The highest BCUT2D eigenvalue weighted by Crippen LogP contribution is 2.26. The first-order chi connectivity index (χ1) is 12.6. The average molecular weight is 351 g/mol. The predicted molar refractivity (Wildman–Crippen MR) is 101 cm³/mol. The van der Waals surface area contributed by atoms with Gasteiger partial charge >= 0.3 is 0 Å². The molecule has 6 nitrogen and oxygen atoms in total. The van der Waals surface area contributed by atoms with Crippen molar-refractivity contribution in [1.29, 1.82) is 0 Å². The molecule has 1 amide bonds. The lowest BCUT2D eigenvalue weighted by molar-refractivity contribution is 0.102. The summed E-state index contributed by atoms with van der Waals surface area (Å²) in [7, 11) is 3.44. The van der Waals surface area contributed by atoms with Crippen LogP contribution in [0.15, 0.2) is 54.6 Å². The maximum Gasteiger partial charge on any atom is 0.276 e. The summed E-state index contributed by atoms with van der Waals surface area (Å²) in [6.45, 7) is 2.43. The standard InChI is InChI=1S/C20H21N3O3/c1-4-26-19-8-6-5-7-16(19)21-20(24)17-13-18(23(2)22-17)14-9-11-15(25-3)12-10-14/h5-13H,4H2,1-3H3,(H,21,24). The quantitative estimate of drug-likeness (QED) is 0.735. The van der Waals surface area contributed by atoms with Gasteiger partial charge in [0, 0.05) is 12.6 Å². The molecule has 0 spiro atoms. The number of amides is 1. The first kappa shape index (κ1) is 17.5. The third-order valence-electron chi connectivity index (χ3n) is 3.93. The smallest absolute Gasteiger partial charge is 0.276 e. The van der Waals surface area contributed by atoms with E-state index in [1.807, 2.05) is 56.4 Å². The van der Waals surface area contributed by atoms with Crippen molar-refractivity contribution in [3.05, 3.63) is 60.3 Å². The Balaban J connectivity index is 1.83. The summed E-state index contributed by atoms with van der Waals surface area (Å²) < 4.78 is 12.4. The fraction of sp³-hybridized carbons (Fsp3) is 0.200. The monoisotopic (exact) mass is 351 g/mol. The molecule has 3 aromatic rings. The van der Waals surface area contributed by atoms with Gasteiger partial charge in [-0.05, 0) is 49.4 Å². The molecular formula is C20H21N3O3. The van der Waals surface area contributed by atoms with Gasteiger partial charge in [0.1, 0.15) is 11.5 Å². The van der Waals surface area contributed by atoms with Gasteiger partial charge in [0.15, 0.2) is 5.69 Å². The van der Waals surface area contributed by atoms with E-state index in [0.717, 1.165) is 17.0 Å². The van der Waals surface area contributed by atoms with Crippen molar-refractivity contribution in [3.63, 3.8) is 0 Å². The van der Waals surface area contributed by atoms with Crippen molar-refractivity contribution in [2.45, 2.75) is 6.92 Å². The first-order valence-corrected chi connectivity index (χ1v) is 8.34. The first-order valence-electron chi connectivity index (χ1n) is 8.34. The molecule has 0 atom stereocenters. The van der Waals surface area contributed by atoms with Crippen LogP contribution in [0.2, 0.25) is 0 Å². The highest BCUT2D eigenvalue weighted by Gasteiger charge is 2.15. The Labute approximate surface area is 152 Å². The summed E-state index contributed by atoms with van der Waals surface area (Å²) in [4.78, 5) is 12.6. The Morgan fingerprint density at radius 3 is 2.58 bits per heavy atom. The minimum absolute atomic E-state index is 0.285. The second kappa shape index (κ2) is 7.74. The molecule has 3 rings (SSSR count). The number of anilines is 1. The molecule has 0 aliphatic heterocycles. The van der Waals surface area contributed by atoms with Crippen LogP contribution in [0.4, 0.5) is 5.69 Å². The van der Waals surface area contributed by atoms with Gasteiger partial charge < -0.3 is 14.8 Å². The number of benzene rings is 2. The third kappa shape index (κ3) is 3.69. The van der Waals surface area contributed by atoms with Gasteiger partial charge in [0.2, 0.25) is 0 Å². The lowest BCUT2D eigenvalue weighted by atomic mass is 10.1. The molecule has 134 valence electrons. The molecule has 0 unspecified atom stereocenters. The Kier molecular flexibility index (Phi) is 5.22. The van der Waals surface area contributed by atoms with E-state index in [9.17, 15) is 4.79 Å². The Hall–Kier alpha value is -3.28. The van der Waals surface area contributed by atoms with Gasteiger partial charge in [0.05, 0.1) is 25.1 Å². The number of rotatable bonds is 6. The van der Waals surface area contributed by atoms with Crippen molar-refractivity contribution in [2.75, 3.05) is 19.0 Å². The highest BCUT2D eigenvalue weighted by molar-refractivity contribution is 6.04. The topological polar surface area (TPSA) is 65.4 Å². The Morgan fingerprint density at radius 1 is 1.15 bits per heavy atom. The van der Waals surface area contributed by atoms with Gasteiger partial charge in [-0.2, -0.15) is 5.10 Å². The van der Waals surface area contributed by atoms with Gasteiger partial charge in [-0.3, -0.25) is 9.48 Å². The number of aryl methyl sites for hydroxylation is 1. The molecule has 0 radical (unpaired) electrons. The molecule has 0 bridgehead atoms. The van der Waals surface area contributed by atoms with Crippen LogP contribution in [-0.2, 0) is 7.05 Å². The van der Waals surface area contributed by atoms with E-state index in [0.29, 0.717) is 23.7 Å². The van der Waals surface area contributed by atoms with Crippen LogP contribution < -0.4 is 14.8 Å². The number of aromatic nitrogens is 2. The molecule has 0 fully saturated rings. The molecule has 1 heterocycles. The molecule has 6 heteroatoms. The molecule has 0 aliphatic rings. The van der Waals surface area contributed by atoms with Crippen LogP contribution in [-0.4, -0.2) is 29.4 Å². The zero-order valence-electron chi connectivity index (χ0n) is 15.0. The zero-order chi connectivity index (χ0) is 18.5. The van der Waals surface area contributed by atoms with Crippen LogP contribution in [0, 0.1) is 0 Å². The SMILES string of the molecule is CCOc1ccccc1NC(=O)c1cc(-c2ccc(OC)cc2)n(C)n1. The van der Waals surface area contributed by atoms with Crippen molar-refractivity contribution in [2.24, 2.45) is 7.05 Å². The molecule has 1 N–H and O–H groups in total. The minimum Gasteiger partial charge on any atom is -0.497 e. The number of ether oxygens (including phenoxy) is 2. The van der Waals surface area contributed by atoms with Crippen molar-refractivity contribution >= 4 is 11.6 Å². The van der Waals surface area contributed by atoms with Gasteiger partial charge in [-0.25, -0.2) is 0 Å². The molecular weight excluding hydrogens is 330 g/mol. The van der Waals surface area contributed by atoms with E-state index in [2.05, 4.69) is 10.4 Å². The third-order valence-corrected chi connectivity index (χ3v) is 3.93. The number of hydrogen-bond donors (Lipinski definition) is 1. The van der Waals surface area contributed by atoms with Crippen molar-refractivity contribution < 1.29 is 14.3 Å². The molecule has 26 heavy (non-hydrogen) atoms. The number of carbonyl (C=O) groups excluding carboxylic acids is 1. The number of nitrogens with zero attached hydrogens (tertiary/aromatic N) is 2. The number of carbonyl (C=O) groups is 1. The fourth-order valence-corrected chi connectivity index (χ4v) is 2.65. The lowest BCUT2D eigenvalue weighted by Crippen LogP contribution is -2.14. The van der Waals surface area contributed by atoms with Gasteiger partial charge in [-0.15, -0.1) is 0 Å². The summed E-state index contributed by atoms with van der Waals surface area (Å²) in [5.74, 6) is 1.13. The summed E-state index contributed by atoms with van der Waals surface area (Å²) in [5.41, 5.74) is 2.76. The van der Waals surface area contributed by atoms with Crippen LogP contribution in [0.3, 0.4) is 0 Å². The fourth-order valence-electron chi connectivity index (χ4n) is 2.65. The highest BCUT2D eigenvalue weighted by atomic mass is 16.5. The normalized spacial score (nSPS) is 10.4. The van der Waals surface area contributed by atoms with E-state index in [-0.39, 0.29) is 5.91 Å². The van der Waals surface area contributed by atoms with Gasteiger partial charge in [-0.1, -0.05) is 12.1 Å². The minimum atomic E-state index is -0.285. The van der Waals surface area contributed by atoms with E-state index >= 15 is 0 Å². The Morgan fingerprint density at radius 2 is 1.88 bits per heavy atom. The van der Waals surface area contributed by atoms with E-state index in [1.165, 1.54) is 0 Å². The largest absolute Gasteiger partial charge is 0.497 e. The van der Waals surface area contributed by atoms with E-state index in [1.54, 1.807) is 23.9 Å². The molecule has 2 aromatic carbocycles. The summed E-state index contributed by atoms with van der Waals surface area (Å²) in [6.07, 6.45) is 0. The zero-order valence-corrected chi connectivity index (χ0v) is 15.0. The van der Waals surface area contributed by atoms with Crippen LogP contribution in [0.1, 0.15) is 17.4 Å². The predicted octanol–water partition coefficient (Wildman–Crippen LogP) is 3.75. The van der Waals surface area contributed by atoms with Gasteiger partial charge in [0.25, 0.3) is 5.91 Å². The number of methoxy groups -OCH3 is 1. The summed E-state index contributed by atoms with van der Waals surface area (Å²) in [6, 6.07) is 16.7. The number of nitrogens with one attached hydrogen (secondary N) is 1. The number of para-hydroxylation sites is 2. The van der Waals surface area contributed by atoms with E-state index < -0.39 is 0 Å². The second-order valence-corrected chi connectivity index (χ2v) is 5.65. The lowest BCUT2D eigenvalue weighted by Gasteiger charge is -2.10. The maximum atomic E-state index is 12.6. The maximum absolute atomic E-state index is 12.6. The molecule has 0 saturated heterocycles. The molecule has 0 saturated carbocycles. The van der Waals surface area contributed by atoms with Crippen LogP contribution >= 0.6 is 0 Å². The van der Waals surface area contributed by atoms with E-state index in [4.69, 9.17) is 9.47 Å². The summed E-state index contributed by atoms with van der Waals surface area (Å²) in [5, 5.41) is 7.20.